The normalized spacial score (nSPS) is 10.7. The zero-order chi connectivity index (χ0) is 14.9. The summed E-state index contributed by atoms with van der Waals surface area (Å²) in [6.45, 7) is 2.81. The van der Waals surface area contributed by atoms with Crippen molar-refractivity contribution in [1.29, 1.82) is 0 Å². The van der Waals surface area contributed by atoms with Crippen LogP contribution in [0.5, 0.6) is 0 Å². The van der Waals surface area contributed by atoms with E-state index in [2.05, 4.69) is 22.5 Å². The summed E-state index contributed by atoms with van der Waals surface area (Å²) in [6.07, 6.45) is 2.06. The van der Waals surface area contributed by atoms with Crippen molar-refractivity contribution in [2.45, 2.75) is 19.8 Å². The second-order valence-corrected chi connectivity index (χ2v) is 4.69. The van der Waals surface area contributed by atoms with Crippen molar-refractivity contribution in [2.75, 3.05) is 6.54 Å². The number of unbranched alkanes of at least 4 members (excludes halogenated alkanes) is 1. The average molecular weight is 281 g/mol. The number of nitrogens with one attached hydrogen (secondary N) is 1. The third-order valence-electron chi connectivity index (χ3n) is 2.98. The topological polar surface area (TPSA) is 53.8 Å². The molecule has 0 saturated carbocycles. The van der Waals surface area contributed by atoms with Crippen LogP contribution in [-0.2, 0) is 0 Å². The van der Waals surface area contributed by atoms with Crippen molar-refractivity contribution >= 4 is 17.3 Å². The Morgan fingerprint density at radius 1 is 0.952 bits per heavy atom. The average Bonchev–Trinajstić information content (AvgIpc) is 2.54. The van der Waals surface area contributed by atoms with Crippen LogP contribution in [0.15, 0.2) is 64.8 Å². The van der Waals surface area contributed by atoms with Gasteiger partial charge in [0.1, 0.15) is 0 Å². The van der Waals surface area contributed by atoms with Gasteiger partial charge in [0.25, 0.3) is 5.91 Å². The molecule has 2 aromatic rings. The molecule has 0 aliphatic carbocycles. The number of azo groups is 1. The Kier molecular flexibility index (Phi) is 5.64. The molecule has 2 rings (SSSR count). The number of carbonyl (C=O) groups is 1. The second-order valence-electron chi connectivity index (χ2n) is 4.69. The molecule has 0 aliphatic heterocycles. The second kappa shape index (κ2) is 7.94. The van der Waals surface area contributed by atoms with Gasteiger partial charge >= 0.3 is 0 Å². The Balaban J connectivity index is 1.96. The maximum absolute atomic E-state index is 11.8. The third kappa shape index (κ3) is 4.84. The molecule has 0 fully saturated rings. The smallest absolute Gasteiger partial charge is 0.251 e. The quantitative estimate of drug-likeness (QED) is 0.609. The van der Waals surface area contributed by atoms with Crippen molar-refractivity contribution in [3.8, 4) is 0 Å². The maximum atomic E-state index is 11.8. The van der Waals surface area contributed by atoms with Gasteiger partial charge in [-0.2, -0.15) is 10.2 Å². The molecule has 0 spiro atoms. The molecule has 2 aromatic carbocycles. The first-order valence-corrected chi connectivity index (χ1v) is 7.14. The van der Waals surface area contributed by atoms with Crippen molar-refractivity contribution in [2.24, 2.45) is 10.2 Å². The molecule has 1 amide bonds. The summed E-state index contributed by atoms with van der Waals surface area (Å²) >= 11 is 0. The zero-order valence-electron chi connectivity index (χ0n) is 12.1. The third-order valence-corrected chi connectivity index (χ3v) is 2.98. The molecule has 0 atom stereocenters. The maximum Gasteiger partial charge on any atom is 0.251 e. The molecular weight excluding hydrogens is 262 g/mol. The van der Waals surface area contributed by atoms with E-state index in [1.165, 1.54) is 0 Å². The fraction of sp³-hybridized carbons (Fsp3) is 0.235. The Bertz CT molecular complexity index is 591. The SMILES string of the molecule is CCCCNC(=O)c1ccc(/N=N/c2ccccc2)cc1. The summed E-state index contributed by atoms with van der Waals surface area (Å²) in [5, 5.41) is 11.2. The van der Waals surface area contributed by atoms with E-state index < -0.39 is 0 Å². The minimum Gasteiger partial charge on any atom is -0.352 e. The highest BCUT2D eigenvalue weighted by molar-refractivity contribution is 5.94. The van der Waals surface area contributed by atoms with E-state index in [0.717, 1.165) is 24.2 Å². The first-order chi connectivity index (χ1) is 10.3. The van der Waals surface area contributed by atoms with Crippen LogP contribution in [0.3, 0.4) is 0 Å². The van der Waals surface area contributed by atoms with Crippen molar-refractivity contribution in [3.63, 3.8) is 0 Å². The lowest BCUT2D eigenvalue weighted by atomic mass is 10.2. The van der Waals surface area contributed by atoms with Gasteiger partial charge in [-0.25, -0.2) is 0 Å². The Morgan fingerprint density at radius 2 is 1.57 bits per heavy atom. The van der Waals surface area contributed by atoms with Crippen LogP contribution < -0.4 is 5.32 Å². The van der Waals surface area contributed by atoms with E-state index in [1.54, 1.807) is 24.3 Å². The molecule has 0 aromatic heterocycles. The molecule has 0 saturated heterocycles. The first kappa shape index (κ1) is 14.9. The fourth-order valence-corrected chi connectivity index (χ4v) is 1.77. The van der Waals surface area contributed by atoms with Gasteiger partial charge in [0, 0.05) is 12.1 Å². The number of amides is 1. The Labute approximate surface area is 124 Å². The zero-order valence-corrected chi connectivity index (χ0v) is 12.1. The van der Waals surface area contributed by atoms with Gasteiger partial charge < -0.3 is 5.32 Å². The van der Waals surface area contributed by atoms with E-state index in [1.807, 2.05) is 30.3 Å². The van der Waals surface area contributed by atoms with Gasteiger partial charge in [0.15, 0.2) is 0 Å². The summed E-state index contributed by atoms with van der Waals surface area (Å²) in [5.41, 5.74) is 2.17. The molecule has 0 bridgehead atoms. The first-order valence-electron chi connectivity index (χ1n) is 7.14. The minimum atomic E-state index is -0.0463. The largest absolute Gasteiger partial charge is 0.352 e. The molecule has 4 nitrogen and oxygen atoms in total. The van der Waals surface area contributed by atoms with E-state index in [4.69, 9.17) is 0 Å². The van der Waals surface area contributed by atoms with E-state index in [-0.39, 0.29) is 5.91 Å². The van der Waals surface area contributed by atoms with Gasteiger partial charge in [-0.3, -0.25) is 4.79 Å². The van der Waals surface area contributed by atoms with Crippen LogP contribution >= 0.6 is 0 Å². The highest BCUT2D eigenvalue weighted by atomic mass is 16.1. The van der Waals surface area contributed by atoms with Crippen LogP contribution in [0.2, 0.25) is 0 Å². The Morgan fingerprint density at radius 3 is 2.19 bits per heavy atom. The standard InChI is InChI=1S/C17H19N3O/c1-2-3-13-18-17(21)14-9-11-16(12-10-14)20-19-15-7-5-4-6-8-15/h4-12H,2-3,13H2,1H3,(H,18,21)/b20-19+. The molecule has 21 heavy (non-hydrogen) atoms. The van der Waals surface area contributed by atoms with E-state index in [0.29, 0.717) is 12.1 Å². The van der Waals surface area contributed by atoms with Crippen molar-refractivity contribution < 1.29 is 4.79 Å². The molecule has 108 valence electrons. The van der Waals surface area contributed by atoms with E-state index >= 15 is 0 Å². The number of hydrogen-bond donors (Lipinski definition) is 1. The molecule has 4 heteroatoms. The summed E-state index contributed by atoms with van der Waals surface area (Å²) in [6, 6.07) is 16.7. The highest BCUT2D eigenvalue weighted by Crippen LogP contribution is 2.18. The predicted octanol–water partition coefficient (Wildman–Crippen LogP) is 4.63. The van der Waals surface area contributed by atoms with Crippen LogP contribution in [0.4, 0.5) is 11.4 Å². The molecule has 0 heterocycles. The van der Waals surface area contributed by atoms with Crippen LogP contribution in [-0.4, -0.2) is 12.5 Å². The highest BCUT2D eigenvalue weighted by Gasteiger charge is 2.03. The monoisotopic (exact) mass is 281 g/mol. The number of benzene rings is 2. The summed E-state index contributed by atoms with van der Waals surface area (Å²) < 4.78 is 0. The number of carbonyl (C=O) groups excluding carboxylic acids is 1. The summed E-state index contributed by atoms with van der Waals surface area (Å²) in [4.78, 5) is 11.8. The lowest BCUT2D eigenvalue weighted by Gasteiger charge is -2.04. The number of hydrogen-bond acceptors (Lipinski definition) is 3. The van der Waals surface area contributed by atoms with Gasteiger partial charge in [-0.1, -0.05) is 31.5 Å². The van der Waals surface area contributed by atoms with Gasteiger partial charge in [-0.15, -0.1) is 0 Å². The lowest BCUT2D eigenvalue weighted by molar-refractivity contribution is 0.0953. The lowest BCUT2D eigenvalue weighted by Crippen LogP contribution is -2.24. The van der Waals surface area contributed by atoms with Crippen LogP contribution in [0.1, 0.15) is 30.1 Å². The Hall–Kier alpha value is -2.49. The molecule has 0 aliphatic rings. The molecule has 1 N–H and O–H groups in total. The van der Waals surface area contributed by atoms with Crippen molar-refractivity contribution in [1.82, 2.24) is 5.32 Å². The number of nitrogens with zero attached hydrogens (tertiary/aromatic N) is 2. The van der Waals surface area contributed by atoms with E-state index in [9.17, 15) is 4.79 Å². The van der Waals surface area contributed by atoms with Crippen LogP contribution in [0.25, 0.3) is 0 Å². The predicted molar refractivity (Wildman–Crippen MR) is 84.3 cm³/mol. The van der Waals surface area contributed by atoms with Gasteiger partial charge in [0.05, 0.1) is 11.4 Å². The molecule has 0 radical (unpaired) electrons. The van der Waals surface area contributed by atoms with Gasteiger partial charge in [0.2, 0.25) is 0 Å². The van der Waals surface area contributed by atoms with Crippen molar-refractivity contribution in [3.05, 3.63) is 60.2 Å². The number of rotatable bonds is 6. The summed E-state index contributed by atoms with van der Waals surface area (Å²) in [5.74, 6) is -0.0463. The summed E-state index contributed by atoms with van der Waals surface area (Å²) in [7, 11) is 0. The minimum absolute atomic E-state index is 0.0463. The fourth-order valence-electron chi connectivity index (χ4n) is 1.77. The van der Waals surface area contributed by atoms with Gasteiger partial charge in [-0.05, 0) is 42.8 Å². The molecule has 0 unspecified atom stereocenters. The molecular formula is C17H19N3O. The van der Waals surface area contributed by atoms with Crippen LogP contribution in [0, 0.1) is 0 Å².